The number of rotatable bonds is 4. The molecular formula is C25H21F3N4O4. The van der Waals surface area contributed by atoms with E-state index in [2.05, 4.69) is 26.7 Å². The quantitative estimate of drug-likeness (QED) is 0.522. The summed E-state index contributed by atoms with van der Waals surface area (Å²) in [5, 5.41) is 6.08. The van der Waals surface area contributed by atoms with Crippen LogP contribution in [0.4, 0.5) is 19.0 Å². The first-order valence-corrected chi connectivity index (χ1v) is 11.2. The van der Waals surface area contributed by atoms with Crippen LogP contribution in [0.1, 0.15) is 39.5 Å². The van der Waals surface area contributed by atoms with Crippen molar-refractivity contribution in [2.24, 2.45) is 0 Å². The molecule has 1 aliphatic carbocycles. The van der Waals surface area contributed by atoms with Crippen molar-refractivity contribution < 1.29 is 32.2 Å². The van der Waals surface area contributed by atoms with Gasteiger partial charge in [-0.15, -0.1) is 0 Å². The first-order chi connectivity index (χ1) is 17.3. The van der Waals surface area contributed by atoms with E-state index in [9.17, 15) is 22.8 Å². The third-order valence-electron chi connectivity index (χ3n) is 6.22. The van der Waals surface area contributed by atoms with E-state index in [1.807, 2.05) is 25.2 Å². The molecule has 2 unspecified atom stereocenters. The summed E-state index contributed by atoms with van der Waals surface area (Å²) in [5.74, 6) is 3.50. The van der Waals surface area contributed by atoms with Crippen molar-refractivity contribution in [1.82, 2.24) is 15.3 Å². The summed E-state index contributed by atoms with van der Waals surface area (Å²) >= 11 is 0. The van der Waals surface area contributed by atoms with Crippen LogP contribution in [0.5, 0.6) is 17.2 Å². The molecule has 1 saturated carbocycles. The minimum Gasteiger partial charge on any atom is -0.488 e. The number of pyridine rings is 2. The number of aromatic nitrogens is 2. The van der Waals surface area contributed by atoms with Gasteiger partial charge in [0.05, 0.1) is 11.6 Å². The van der Waals surface area contributed by atoms with Crippen LogP contribution in [0.15, 0.2) is 48.8 Å². The fraction of sp³-hybridized carbons (Fsp3) is 0.280. The molecule has 1 fully saturated rings. The van der Waals surface area contributed by atoms with Crippen LogP contribution < -0.4 is 20.1 Å². The molecule has 2 aromatic heterocycles. The maximum Gasteiger partial charge on any atom is 0.416 e. The molecule has 8 nitrogen and oxygen atoms in total. The maximum absolute atomic E-state index is 12.0. The van der Waals surface area contributed by atoms with E-state index in [4.69, 9.17) is 9.47 Å². The third-order valence-corrected chi connectivity index (χ3v) is 6.22. The minimum atomic E-state index is -4.42. The van der Waals surface area contributed by atoms with Gasteiger partial charge < -0.3 is 20.1 Å². The predicted molar refractivity (Wildman–Crippen MR) is 122 cm³/mol. The second kappa shape index (κ2) is 9.23. The molecule has 0 radical (unpaired) electrons. The monoisotopic (exact) mass is 498 g/mol. The zero-order valence-electron chi connectivity index (χ0n) is 19.0. The van der Waals surface area contributed by atoms with Crippen molar-refractivity contribution in [2.75, 3.05) is 12.4 Å². The number of hydrogen-bond donors (Lipinski definition) is 2. The van der Waals surface area contributed by atoms with E-state index in [-0.39, 0.29) is 24.0 Å². The van der Waals surface area contributed by atoms with Gasteiger partial charge in [-0.25, -0.2) is 4.98 Å². The molecule has 2 N–H and O–H groups in total. The lowest BCUT2D eigenvalue weighted by Gasteiger charge is -2.19. The fourth-order valence-corrected chi connectivity index (χ4v) is 4.42. The molecule has 4 heterocycles. The topological polar surface area (TPSA) is 102 Å². The highest BCUT2D eigenvalue weighted by molar-refractivity contribution is 5.93. The van der Waals surface area contributed by atoms with E-state index in [1.165, 1.54) is 5.56 Å². The average Bonchev–Trinajstić information content (AvgIpc) is 3.44. The zero-order chi connectivity index (χ0) is 25.4. The molecule has 6 rings (SSSR count). The number of benzene rings is 1. The fourth-order valence-electron chi connectivity index (χ4n) is 4.42. The van der Waals surface area contributed by atoms with Crippen molar-refractivity contribution in [3.63, 3.8) is 0 Å². The number of hydrogen-bond acceptors (Lipinski definition) is 7. The van der Waals surface area contributed by atoms with Crippen LogP contribution >= 0.6 is 0 Å². The number of nitrogens with zero attached hydrogens (tertiary/aromatic N) is 2. The number of anilines is 1. The zero-order valence-corrected chi connectivity index (χ0v) is 19.0. The second-order valence-electron chi connectivity index (χ2n) is 8.49. The Balaban J connectivity index is 0.000000189. The number of aldehydes is 1. The molecular weight excluding hydrogens is 477 g/mol. The van der Waals surface area contributed by atoms with E-state index in [0.717, 1.165) is 35.1 Å². The number of carbonyl (C=O) groups excluding carboxylic acids is 2. The van der Waals surface area contributed by atoms with E-state index >= 15 is 0 Å². The Labute approximate surface area is 203 Å². The van der Waals surface area contributed by atoms with Crippen molar-refractivity contribution in [1.29, 1.82) is 0 Å². The number of nitrogens with one attached hydrogen (secondary N) is 2. The molecule has 186 valence electrons. The number of alkyl halides is 3. The van der Waals surface area contributed by atoms with Gasteiger partial charge >= 0.3 is 6.18 Å². The number of fused-ring (bicyclic) bond motifs is 4. The summed E-state index contributed by atoms with van der Waals surface area (Å²) in [6, 6.07) is 9.71. The first kappa shape index (κ1) is 23.7. The summed E-state index contributed by atoms with van der Waals surface area (Å²) in [6.07, 6.45) is -0.178. The summed E-state index contributed by atoms with van der Waals surface area (Å²) in [6.45, 7) is 0. The normalized spacial score (nSPS) is 21.0. The number of ether oxygens (including phenoxy) is 2. The number of amides is 1. The number of likely N-dealkylation sites (N-methyl/N-ethyl adjacent to an activating group) is 1. The highest BCUT2D eigenvalue weighted by Gasteiger charge is 2.58. The summed E-state index contributed by atoms with van der Waals surface area (Å²) in [4.78, 5) is 29.2. The molecule has 11 heteroatoms. The Bertz CT molecular complexity index is 1330. The van der Waals surface area contributed by atoms with Crippen LogP contribution in [0.3, 0.4) is 0 Å². The van der Waals surface area contributed by atoms with E-state index < -0.39 is 11.7 Å². The summed E-state index contributed by atoms with van der Waals surface area (Å²) in [7, 11) is 1.96. The Morgan fingerprint density at radius 1 is 1.14 bits per heavy atom. The van der Waals surface area contributed by atoms with Crippen molar-refractivity contribution >= 4 is 18.0 Å². The highest BCUT2D eigenvalue weighted by Crippen LogP contribution is 2.54. The van der Waals surface area contributed by atoms with E-state index in [0.29, 0.717) is 36.7 Å². The van der Waals surface area contributed by atoms with Crippen LogP contribution in [0.2, 0.25) is 0 Å². The van der Waals surface area contributed by atoms with E-state index in [1.54, 1.807) is 6.20 Å². The molecule has 0 bridgehead atoms. The molecule has 0 saturated heterocycles. The lowest BCUT2D eigenvalue weighted by Crippen LogP contribution is -2.20. The standard InChI is InChI=1S/C18H17N3O3.C7H4F3NO/c1-19-16-15-11-8-9(2-4-12(11)24-17(15)16)23-13-6-7-20-18-10(13)3-5-14(22)21-18;8-7(9,10)5-1-2-11-6(3-5)4-12/h2,4,6-8,15-17,19H,3,5H2,1H3,(H,20,21,22);1-4H/t15?,16-,17?;/m0./s1. The molecule has 1 amide bonds. The molecule has 36 heavy (non-hydrogen) atoms. The summed E-state index contributed by atoms with van der Waals surface area (Å²) < 4.78 is 47.9. The maximum atomic E-state index is 12.0. The average molecular weight is 498 g/mol. The summed E-state index contributed by atoms with van der Waals surface area (Å²) in [5.41, 5.74) is 1.07. The predicted octanol–water partition coefficient (Wildman–Crippen LogP) is 4.12. The Hall–Kier alpha value is -3.99. The van der Waals surface area contributed by atoms with Crippen molar-refractivity contribution in [3.8, 4) is 17.2 Å². The lowest BCUT2D eigenvalue weighted by molar-refractivity contribution is -0.137. The Morgan fingerprint density at radius 2 is 1.94 bits per heavy atom. The van der Waals surface area contributed by atoms with Gasteiger partial charge in [0.1, 0.15) is 34.9 Å². The Morgan fingerprint density at radius 3 is 2.69 bits per heavy atom. The highest BCUT2D eigenvalue weighted by atomic mass is 19.4. The van der Waals surface area contributed by atoms with Crippen molar-refractivity contribution in [2.45, 2.75) is 37.1 Å². The van der Waals surface area contributed by atoms with Gasteiger partial charge in [0.25, 0.3) is 0 Å². The molecule has 3 atom stereocenters. The Kier molecular flexibility index (Phi) is 6.09. The number of carbonyl (C=O) groups is 2. The molecule has 3 aliphatic rings. The van der Waals surface area contributed by atoms with Gasteiger partial charge in [-0.2, -0.15) is 13.2 Å². The van der Waals surface area contributed by atoms with Gasteiger partial charge in [0.2, 0.25) is 5.91 Å². The first-order valence-electron chi connectivity index (χ1n) is 11.2. The van der Waals surface area contributed by atoms with Gasteiger partial charge in [-0.1, -0.05) is 0 Å². The van der Waals surface area contributed by atoms with Crippen molar-refractivity contribution in [3.05, 3.63) is 71.2 Å². The van der Waals surface area contributed by atoms with Gasteiger partial charge in [0.15, 0.2) is 6.29 Å². The minimum absolute atomic E-state index is 0.000267. The van der Waals surface area contributed by atoms with Crippen LogP contribution in [0.25, 0.3) is 0 Å². The van der Waals surface area contributed by atoms with Gasteiger partial charge in [0, 0.05) is 35.9 Å². The van der Waals surface area contributed by atoms with Gasteiger partial charge in [-0.05, 0) is 49.9 Å². The van der Waals surface area contributed by atoms with Crippen LogP contribution in [-0.2, 0) is 17.4 Å². The lowest BCUT2D eigenvalue weighted by atomic mass is 10.1. The molecule has 2 aliphatic heterocycles. The molecule has 0 spiro atoms. The third kappa shape index (κ3) is 4.61. The van der Waals surface area contributed by atoms with Crippen LogP contribution in [-0.4, -0.2) is 41.4 Å². The number of halogens is 3. The second-order valence-corrected chi connectivity index (χ2v) is 8.49. The van der Waals surface area contributed by atoms with Crippen LogP contribution in [0, 0.1) is 0 Å². The largest absolute Gasteiger partial charge is 0.488 e. The van der Waals surface area contributed by atoms with Gasteiger partial charge in [-0.3, -0.25) is 14.6 Å². The smallest absolute Gasteiger partial charge is 0.416 e. The molecule has 3 aromatic rings. The molecule has 1 aromatic carbocycles. The SMILES string of the molecule is CN[C@@H]1C2Oc3ccc(Oc4ccnc5c4CCC(=O)N5)cc3C21.O=Cc1cc(C(F)(F)F)ccn1.